The van der Waals surface area contributed by atoms with Gasteiger partial charge in [0, 0.05) is 13.1 Å². The number of carbonyl (C=O) groups is 1. The van der Waals surface area contributed by atoms with Crippen LogP contribution in [0.25, 0.3) is 0 Å². The Morgan fingerprint density at radius 3 is 2.54 bits per heavy atom. The van der Waals surface area contributed by atoms with Crippen molar-refractivity contribution in [2.24, 2.45) is 0 Å². The van der Waals surface area contributed by atoms with Gasteiger partial charge < -0.3 is 9.64 Å². The molecule has 13 heavy (non-hydrogen) atoms. The number of carbonyl (C=O) groups excluding carboxylic acids is 1. The van der Waals surface area contributed by atoms with E-state index in [-0.39, 0.29) is 11.7 Å². The van der Waals surface area contributed by atoms with Crippen LogP contribution < -0.4 is 0 Å². The van der Waals surface area contributed by atoms with E-state index in [9.17, 15) is 4.79 Å². The third-order valence-electron chi connectivity index (χ3n) is 1.88. The summed E-state index contributed by atoms with van der Waals surface area (Å²) in [6.07, 6.45) is 0.877. The summed E-state index contributed by atoms with van der Waals surface area (Å²) in [6, 6.07) is 0. The first-order chi connectivity index (χ1) is 5.88. The van der Waals surface area contributed by atoms with Gasteiger partial charge in [-0.3, -0.25) is 0 Å². The summed E-state index contributed by atoms with van der Waals surface area (Å²) >= 11 is 0. The maximum absolute atomic E-state index is 11.5. The molecule has 3 nitrogen and oxygen atoms in total. The summed E-state index contributed by atoms with van der Waals surface area (Å²) in [4.78, 5) is 13.3. The number of likely N-dealkylation sites (tertiary alicyclic amines) is 1. The molecule has 2 atom stereocenters. The molecule has 76 valence electrons. The van der Waals surface area contributed by atoms with E-state index in [1.54, 1.807) is 4.90 Å². The van der Waals surface area contributed by atoms with E-state index in [1.165, 1.54) is 0 Å². The molecule has 1 rings (SSSR count). The molecule has 1 saturated heterocycles. The van der Waals surface area contributed by atoms with Crippen LogP contribution >= 0.6 is 9.24 Å². The molecular formula is C9H18NO2P. The zero-order valence-electron chi connectivity index (χ0n) is 8.54. The molecule has 0 aromatic carbocycles. The lowest BCUT2D eigenvalue weighted by Crippen LogP contribution is -2.35. The highest BCUT2D eigenvalue weighted by Gasteiger charge is 2.27. The van der Waals surface area contributed by atoms with Gasteiger partial charge in [-0.2, -0.15) is 0 Å². The molecule has 1 amide bonds. The van der Waals surface area contributed by atoms with Crippen LogP contribution in [0.2, 0.25) is 0 Å². The highest BCUT2D eigenvalue weighted by Crippen LogP contribution is 2.19. The summed E-state index contributed by atoms with van der Waals surface area (Å²) in [5.41, 5.74) is 0.156. The van der Waals surface area contributed by atoms with Crippen molar-refractivity contribution >= 4 is 15.3 Å². The summed E-state index contributed by atoms with van der Waals surface area (Å²) in [6.45, 7) is 7.29. The van der Waals surface area contributed by atoms with E-state index < -0.39 is 0 Å². The minimum absolute atomic E-state index is 0.183. The van der Waals surface area contributed by atoms with Crippen LogP contribution in [0.1, 0.15) is 27.2 Å². The number of rotatable bonds is 0. The molecule has 0 radical (unpaired) electrons. The number of hydrogen-bond acceptors (Lipinski definition) is 2. The molecule has 1 aliphatic rings. The molecule has 0 aliphatic carbocycles. The standard InChI is InChI=1S/C9H18NO2P/c1-9(2,3)12-8(11)10-5-4-7(13)6-10/h7H,4-6,13H2,1-3H3. The molecule has 2 unspecified atom stereocenters. The average Bonchev–Trinajstić information content (AvgIpc) is 2.31. The van der Waals surface area contributed by atoms with Gasteiger partial charge in [0.25, 0.3) is 0 Å². The van der Waals surface area contributed by atoms with Crippen molar-refractivity contribution < 1.29 is 9.53 Å². The van der Waals surface area contributed by atoms with Gasteiger partial charge in [-0.25, -0.2) is 4.79 Å². The van der Waals surface area contributed by atoms with E-state index in [2.05, 4.69) is 9.24 Å². The lowest BCUT2D eigenvalue weighted by molar-refractivity contribution is 0.0295. The first-order valence-corrected chi connectivity index (χ1v) is 5.28. The van der Waals surface area contributed by atoms with Crippen LogP contribution in [0.5, 0.6) is 0 Å². The van der Waals surface area contributed by atoms with E-state index in [4.69, 9.17) is 4.74 Å². The SMILES string of the molecule is CC(C)(C)OC(=O)N1CCC(P)C1. The Morgan fingerprint density at radius 1 is 1.54 bits per heavy atom. The van der Waals surface area contributed by atoms with Crippen LogP contribution in [0.4, 0.5) is 4.79 Å². The lowest BCUT2D eigenvalue weighted by Gasteiger charge is -2.24. The van der Waals surface area contributed by atoms with Crippen molar-refractivity contribution in [3.05, 3.63) is 0 Å². The summed E-state index contributed by atoms with van der Waals surface area (Å²) < 4.78 is 5.25. The fourth-order valence-electron chi connectivity index (χ4n) is 1.28. The molecular weight excluding hydrogens is 185 g/mol. The maximum Gasteiger partial charge on any atom is 0.410 e. The summed E-state index contributed by atoms with van der Waals surface area (Å²) in [7, 11) is 2.74. The van der Waals surface area contributed by atoms with Crippen LogP contribution in [-0.4, -0.2) is 35.3 Å². The predicted molar refractivity (Wildman–Crippen MR) is 55.9 cm³/mol. The van der Waals surface area contributed by atoms with Gasteiger partial charge >= 0.3 is 6.09 Å². The van der Waals surface area contributed by atoms with Crippen LogP contribution in [0, 0.1) is 0 Å². The largest absolute Gasteiger partial charge is 0.444 e. The number of nitrogens with zero attached hydrogens (tertiary/aromatic N) is 1. The zero-order chi connectivity index (χ0) is 10.1. The molecule has 0 bridgehead atoms. The Balaban J connectivity index is 2.41. The van der Waals surface area contributed by atoms with E-state index in [1.807, 2.05) is 20.8 Å². The normalized spacial score (nSPS) is 23.4. The van der Waals surface area contributed by atoms with Gasteiger partial charge in [-0.05, 0) is 32.9 Å². The van der Waals surface area contributed by atoms with Crippen molar-refractivity contribution in [3.8, 4) is 0 Å². The summed E-state index contributed by atoms with van der Waals surface area (Å²) in [5.74, 6) is 0. The van der Waals surface area contributed by atoms with Crippen molar-refractivity contribution in [3.63, 3.8) is 0 Å². The second-order valence-corrected chi connectivity index (χ2v) is 5.42. The third-order valence-corrected chi connectivity index (χ3v) is 2.42. The molecule has 1 aliphatic heterocycles. The van der Waals surface area contributed by atoms with Crippen molar-refractivity contribution in [1.82, 2.24) is 4.90 Å². The molecule has 0 spiro atoms. The first kappa shape index (κ1) is 10.8. The van der Waals surface area contributed by atoms with Crippen LogP contribution in [-0.2, 0) is 4.74 Å². The molecule has 1 heterocycles. The fraction of sp³-hybridized carbons (Fsp3) is 0.889. The minimum Gasteiger partial charge on any atom is -0.444 e. The van der Waals surface area contributed by atoms with Crippen molar-refractivity contribution in [2.75, 3.05) is 13.1 Å². The molecule has 0 aromatic rings. The van der Waals surface area contributed by atoms with Gasteiger partial charge in [0.15, 0.2) is 0 Å². The summed E-state index contributed by atoms with van der Waals surface area (Å²) in [5, 5.41) is 0. The Morgan fingerprint density at radius 2 is 2.15 bits per heavy atom. The average molecular weight is 203 g/mol. The lowest BCUT2D eigenvalue weighted by atomic mass is 10.2. The smallest absolute Gasteiger partial charge is 0.410 e. The Kier molecular flexibility index (Phi) is 3.18. The maximum atomic E-state index is 11.5. The topological polar surface area (TPSA) is 29.5 Å². The second kappa shape index (κ2) is 3.83. The van der Waals surface area contributed by atoms with E-state index in [0.717, 1.165) is 19.5 Å². The van der Waals surface area contributed by atoms with Gasteiger partial charge in [-0.15, -0.1) is 9.24 Å². The Hall–Kier alpha value is -0.300. The predicted octanol–water partition coefficient (Wildman–Crippen LogP) is 1.87. The van der Waals surface area contributed by atoms with Crippen molar-refractivity contribution in [2.45, 2.75) is 38.5 Å². The number of amides is 1. The third kappa shape index (κ3) is 3.51. The van der Waals surface area contributed by atoms with Gasteiger partial charge in [-0.1, -0.05) is 0 Å². The zero-order valence-corrected chi connectivity index (χ0v) is 9.69. The van der Waals surface area contributed by atoms with Gasteiger partial charge in [0.1, 0.15) is 5.60 Å². The molecule has 4 heteroatoms. The number of ether oxygens (including phenoxy) is 1. The molecule has 0 saturated carbocycles. The molecule has 0 N–H and O–H groups in total. The second-order valence-electron chi connectivity index (χ2n) is 4.48. The van der Waals surface area contributed by atoms with E-state index >= 15 is 0 Å². The highest BCUT2D eigenvalue weighted by molar-refractivity contribution is 7.17. The fourth-order valence-corrected chi connectivity index (χ4v) is 1.68. The van der Waals surface area contributed by atoms with Gasteiger partial charge in [0.2, 0.25) is 0 Å². The highest BCUT2D eigenvalue weighted by atomic mass is 31.0. The first-order valence-electron chi connectivity index (χ1n) is 4.62. The molecule has 0 aromatic heterocycles. The Labute approximate surface area is 82.0 Å². The number of hydrogen-bond donors (Lipinski definition) is 0. The monoisotopic (exact) mass is 203 g/mol. The Bertz CT molecular complexity index is 200. The van der Waals surface area contributed by atoms with Crippen molar-refractivity contribution in [1.29, 1.82) is 0 Å². The minimum atomic E-state index is -0.379. The molecule has 1 fully saturated rings. The van der Waals surface area contributed by atoms with Crippen LogP contribution in [0.15, 0.2) is 0 Å². The quantitative estimate of drug-likeness (QED) is 0.562. The van der Waals surface area contributed by atoms with E-state index in [0.29, 0.717) is 5.66 Å². The van der Waals surface area contributed by atoms with Gasteiger partial charge in [0.05, 0.1) is 0 Å². The van der Waals surface area contributed by atoms with Crippen LogP contribution in [0.3, 0.4) is 0 Å².